The highest BCUT2D eigenvalue weighted by atomic mass is 35.5. The van der Waals surface area contributed by atoms with Crippen LogP contribution in [0.1, 0.15) is 66.7 Å². The van der Waals surface area contributed by atoms with Crippen molar-refractivity contribution in [3.63, 3.8) is 0 Å². The maximum Gasteiger partial charge on any atom is 0.223 e. The number of nitrogens with one attached hydrogen (secondary N) is 1. The molecule has 0 bridgehead atoms. The monoisotopic (exact) mass is 290 g/mol. The van der Waals surface area contributed by atoms with Crippen LogP contribution in [0.4, 0.5) is 0 Å². The second-order valence-electron chi connectivity index (χ2n) is 7.73. The zero-order chi connectivity index (χ0) is 14.0. The van der Waals surface area contributed by atoms with Crippen LogP contribution in [-0.4, -0.2) is 17.5 Å². The normalized spacial score (nSPS) is 24.5. The Morgan fingerprint density at radius 2 is 1.79 bits per heavy atom. The van der Waals surface area contributed by atoms with E-state index < -0.39 is 0 Å². The molecule has 1 rings (SSSR count). The Morgan fingerprint density at radius 3 is 2.26 bits per heavy atom. The summed E-state index contributed by atoms with van der Waals surface area (Å²) in [6.45, 7) is 10.8. The fraction of sp³-hybridized carbons (Fsp3) is 0.933. The third-order valence-electron chi connectivity index (χ3n) is 3.52. The van der Waals surface area contributed by atoms with Crippen LogP contribution in [0.3, 0.4) is 0 Å². The van der Waals surface area contributed by atoms with Crippen molar-refractivity contribution in [3.05, 3.63) is 0 Å². The summed E-state index contributed by atoms with van der Waals surface area (Å²) in [5.74, 6) is 0.312. The maximum absolute atomic E-state index is 12.3. The van der Waals surface area contributed by atoms with Crippen molar-refractivity contribution >= 4 is 18.3 Å². The summed E-state index contributed by atoms with van der Waals surface area (Å²) in [6, 6.07) is 0.209. The molecule has 0 heterocycles. The number of amides is 1. The highest BCUT2D eigenvalue weighted by molar-refractivity contribution is 5.85. The molecule has 1 aliphatic rings. The molecule has 3 nitrogen and oxygen atoms in total. The number of carbonyl (C=O) groups is 1. The van der Waals surface area contributed by atoms with Crippen LogP contribution >= 0.6 is 12.4 Å². The van der Waals surface area contributed by atoms with Crippen LogP contribution in [0.5, 0.6) is 0 Å². The fourth-order valence-corrected chi connectivity index (χ4v) is 3.27. The molecule has 0 radical (unpaired) electrons. The highest BCUT2D eigenvalue weighted by Gasteiger charge is 2.31. The Bertz CT molecular complexity index is 297. The summed E-state index contributed by atoms with van der Waals surface area (Å²) < 4.78 is 0. The van der Waals surface area contributed by atoms with E-state index in [1.54, 1.807) is 0 Å². The van der Waals surface area contributed by atoms with Crippen molar-refractivity contribution in [2.75, 3.05) is 0 Å². The van der Waals surface area contributed by atoms with E-state index in [0.29, 0.717) is 0 Å². The van der Waals surface area contributed by atoms with E-state index in [9.17, 15) is 4.79 Å². The lowest BCUT2D eigenvalue weighted by Crippen LogP contribution is -2.49. The predicted octanol–water partition coefficient (Wildman–Crippen LogP) is 3.26. The van der Waals surface area contributed by atoms with Gasteiger partial charge in [-0.1, -0.05) is 27.2 Å². The summed E-state index contributed by atoms with van der Waals surface area (Å²) in [4.78, 5) is 12.3. The standard InChI is InChI=1S/C15H30N2O.ClH/c1-14(2,3)10-15(4,5)17-13(18)11-7-6-8-12(16)9-11;/h11-12H,6-10,16H2,1-5H3,(H,17,18);1H. The van der Waals surface area contributed by atoms with Crippen LogP contribution in [0.25, 0.3) is 0 Å². The molecule has 1 saturated carbocycles. The van der Waals surface area contributed by atoms with Gasteiger partial charge in [0, 0.05) is 17.5 Å². The molecule has 1 fully saturated rings. The van der Waals surface area contributed by atoms with E-state index in [-0.39, 0.29) is 41.2 Å². The van der Waals surface area contributed by atoms with Gasteiger partial charge >= 0.3 is 0 Å². The number of halogens is 1. The Morgan fingerprint density at radius 1 is 1.21 bits per heavy atom. The molecule has 1 amide bonds. The van der Waals surface area contributed by atoms with Gasteiger partial charge < -0.3 is 11.1 Å². The van der Waals surface area contributed by atoms with Crippen LogP contribution < -0.4 is 11.1 Å². The van der Waals surface area contributed by atoms with Crippen molar-refractivity contribution < 1.29 is 4.79 Å². The van der Waals surface area contributed by atoms with Gasteiger partial charge in [-0.2, -0.15) is 0 Å². The summed E-state index contributed by atoms with van der Waals surface area (Å²) >= 11 is 0. The molecule has 2 unspecified atom stereocenters. The van der Waals surface area contributed by atoms with Crippen LogP contribution in [-0.2, 0) is 4.79 Å². The van der Waals surface area contributed by atoms with Gasteiger partial charge in [-0.15, -0.1) is 12.4 Å². The third-order valence-corrected chi connectivity index (χ3v) is 3.52. The zero-order valence-electron chi connectivity index (χ0n) is 13.1. The molecule has 1 aliphatic carbocycles. The zero-order valence-corrected chi connectivity index (χ0v) is 13.9. The Hall–Kier alpha value is -0.280. The molecule has 0 aromatic rings. The number of nitrogens with two attached hydrogens (primary N) is 1. The topological polar surface area (TPSA) is 55.1 Å². The number of hydrogen-bond donors (Lipinski definition) is 2. The summed E-state index contributed by atoms with van der Waals surface area (Å²) in [5, 5.41) is 3.21. The van der Waals surface area contributed by atoms with Crippen LogP contribution in [0.2, 0.25) is 0 Å². The Labute approximate surface area is 124 Å². The molecular formula is C15H31ClN2O. The van der Waals surface area contributed by atoms with E-state index in [0.717, 1.165) is 32.1 Å². The first-order valence-electron chi connectivity index (χ1n) is 7.17. The molecule has 4 heteroatoms. The molecule has 0 aromatic heterocycles. The third kappa shape index (κ3) is 7.17. The molecule has 0 spiro atoms. The maximum atomic E-state index is 12.3. The summed E-state index contributed by atoms with van der Waals surface area (Å²) in [5.41, 5.74) is 6.03. The molecule has 2 atom stereocenters. The molecular weight excluding hydrogens is 260 g/mol. The number of hydrogen-bond acceptors (Lipinski definition) is 2. The highest BCUT2D eigenvalue weighted by Crippen LogP contribution is 2.28. The van der Waals surface area contributed by atoms with Crippen molar-refractivity contribution in [2.45, 2.75) is 78.3 Å². The van der Waals surface area contributed by atoms with E-state index in [1.165, 1.54) is 0 Å². The molecule has 0 aromatic carbocycles. The number of rotatable bonds is 3. The van der Waals surface area contributed by atoms with E-state index in [4.69, 9.17) is 5.73 Å². The minimum absolute atomic E-state index is 0. The Balaban J connectivity index is 0.00000324. The van der Waals surface area contributed by atoms with Crippen LogP contribution in [0, 0.1) is 11.3 Å². The summed E-state index contributed by atoms with van der Waals surface area (Å²) in [6.07, 6.45) is 4.96. The fourth-order valence-electron chi connectivity index (χ4n) is 3.27. The van der Waals surface area contributed by atoms with Gasteiger partial charge in [0.2, 0.25) is 5.91 Å². The van der Waals surface area contributed by atoms with Gasteiger partial charge in [0.1, 0.15) is 0 Å². The SMILES string of the molecule is CC(C)(C)CC(C)(C)NC(=O)C1CCCC(N)C1.Cl. The second-order valence-corrected chi connectivity index (χ2v) is 7.73. The predicted molar refractivity (Wildman–Crippen MR) is 83.5 cm³/mol. The first-order chi connectivity index (χ1) is 8.09. The van der Waals surface area contributed by atoms with Gasteiger partial charge in [0.15, 0.2) is 0 Å². The van der Waals surface area contributed by atoms with Gasteiger partial charge in [-0.25, -0.2) is 0 Å². The number of carbonyl (C=O) groups excluding carboxylic acids is 1. The molecule has 0 aliphatic heterocycles. The smallest absolute Gasteiger partial charge is 0.223 e. The molecule has 3 N–H and O–H groups in total. The van der Waals surface area contributed by atoms with Crippen LogP contribution in [0.15, 0.2) is 0 Å². The lowest BCUT2D eigenvalue weighted by atomic mass is 9.80. The Kier molecular flexibility index (Phi) is 6.84. The van der Waals surface area contributed by atoms with Gasteiger partial charge in [-0.3, -0.25) is 4.79 Å². The molecule has 19 heavy (non-hydrogen) atoms. The molecule has 114 valence electrons. The van der Waals surface area contributed by atoms with E-state index in [1.807, 2.05) is 0 Å². The lowest BCUT2D eigenvalue weighted by Gasteiger charge is -2.35. The van der Waals surface area contributed by atoms with Gasteiger partial charge in [0.25, 0.3) is 0 Å². The lowest BCUT2D eigenvalue weighted by molar-refractivity contribution is -0.128. The largest absolute Gasteiger partial charge is 0.351 e. The van der Waals surface area contributed by atoms with Crippen molar-refractivity contribution in [3.8, 4) is 0 Å². The van der Waals surface area contributed by atoms with Gasteiger partial charge in [-0.05, 0) is 44.9 Å². The summed E-state index contributed by atoms with van der Waals surface area (Å²) in [7, 11) is 0. The van der Waals surface area contributed by atoms with Gasteiger partial charge in [0.05, 0.1) is 0 Å². The average molecular weight is 291 g/mol. The minimum Gasteiger partial charge on any atom is -0.351 e. The van der Waals surface area contributed by atoms with Crippen molar-refractivity contribution in [1.82, 2.24) is 5.32 Å². The van der Waals surface area contributed by atoms with E-state index in [2.05, 4.69) is 39.9 Å². The second kappa shape index (κ2) is 6.94. The van der Waals surface area contributed by atoms with E-state index >= 15 is 0 Å². The molecule has 0 saturated heterocycles. The first kappa shape index (κ1) is 18.7. The average Bonchev–Trinajstić information content (AvgIpc) is 2.12. The van der Waals surface area contributed by atoms with Crippen molar-refractivity contribution in [2.24, 2.45) is 17.1 Å². The first-order valence-corrected chi connectivity index (χ1v) is 7.17. The quantitative estimate of drug-likeness (QED) is 0.838. The minimum atomic E-state index is -0.142. The van der Waals surface area contributed by atoms with Crippen molar-refractivity contribution in [1.29, 1.82) is 0 Å².